The fraction of sp³-hybridized carbons (Fsp3) is 0.875. The minimum atomic E-state index is -2.79. The molecular formula is C8H13O8-. The third kappa shape index (κ3) is 2.32. The molecule has 3 unspecified atom stereocenters. The Morgan fingerprint density at radius 2 is 2.12 bits per heavy atom. The summed E-state index contributed by atoms with van der Waals surface area (Å²) < 4.78 is 4.54. The third-order valence-corrected chi connectivity index (χ3v) is 2.43. The van der Waals surface area contributed by atoms with Crippen molar-refractivity contribution in [1.82, 2.24) is 0 Å². The van der Waals surface area contributed by atoms with E-state index in [0.29, 0.717) is 0 Å². The summed E-state index contributed by atoms with van der Waals surface area (Å²) in [6.45, 7) is -0.822. The van der Waals surface area contributed by atoms with E-state index in [9.17, 15) is 30.3 Å². The fourth-order valence-electron chi connectivity index (χ4n) is 1.51. The number of carbonyl (C=O) groups is 1. The summed E-state index contributed by atoms with van der Waals surface area (Å²) in [5.41, 5.74) is 0. The Hall–Kier alpha value is -0.770. The van der Waals surface area contributed by atoms with Crippen LogP contribution in [0.4, 0.5) is 0 Å². The summed E-state index contributed by atoms with van der Waals surface area (Å²) in [7, 11) is 0. The Morgan fingerprint density at radius 1 is 1.56 bits per heavy atom. The van der Waals surface area contributed by atoms with Crippen molar-refractivity contribution < 1.29 is 40.2 Å². The number of aliphatic hydroxyl groups is 5. The molecule has 0 radical (unpaired) electrons. The Balaban J connectivity index is 2.89. The van der Waals surface area contributed by atoms with E-state index >= 15 is 0 Å². The van der Waals surface area contributed by atoms with Gasteiger partial charge in [0.05, 0.1) is 12.7 Å². The molecule has 94 valence electrons. The van der Waals surface area contributed by atoms with Crippen LogP contribution in [0.5, 0.6) is 0 Å². The summed E-state index contributed by atoms with van der Waals surface area (Å²) in [5.74, 6) is -4.78. The number of rotatable bonds is 3. The quantitative estimate of drug-likeness (QED) is 0.328. The Bertz CT molecular complexity index is 269. The Morgan fingerprint density at radius 3 is 2.56 bits per heavy atom. The molecule has 1 aliphatic heterocycles. The number of hydrogen-bond acceptors (Lipinski definition) is 8. The largest absolute Gasteiger partial charge is 0.544 e. The second kappa shape index (κ2) is 4.62. The van der Waals surface area contributed by atoms with Gasteiger partial charge < -0.3 is 40.2 Å². The Labute approximate surface area is 90.3 Å². The van der Waals surface area contributed by atoms with Gasteiger partial charge in [-0.15, -0.1) is 0 Å². The van der Waals surface area contributed by atoms with Gasteiger partial charge in [-0.2, -0.15) is 0 Å². The van der Waals surface area contributed by atoms with Crippen molar-refractivity contribution in [2.75, 3.05) is 6.61 Å². The molecule has 5 atom stereocenters. The van der Waals surface area contributed by atoms with Crippen LogP contribution in [0.2, 0.25) is 0 Å². The van der Waals surface area contributed by atoms with Crippen LogP contribution in [-0.4, -0.2) is 68.3 Å². The minimum absolute atomic E-state index is 0.787. The highest BCUT2D eigenvalue weighted by Gasteiger charge is 2.48. The van der Waals surface area contributed by atoms with Crippen molar-refractivity contribution in [1.29, 1.82) is 0 Å². The monoisotopic (exact) mass is 237 g/mol. The predicted octanol–water partition coefficient (Wildman–Crippen LogP) is -4.71. The van der Waals surface area contributed by atoms with Gasteiger partial charge in [0.15, 0.2) is 0 Å². The molecule has 0 bridgehead atoms. The van der Waals surface area contributed by atoms with Crippen LogP contribution >= 0.6 is 0 Å². The lowest BCUT2D eigenvalue weighted by atomic mass is 9.93. The van der Waals surface area contributed by atoms with E-state index in [2.05, 4.69) is 4.74 Å². The molecule has 0 aromatic rings. The van der Waals surface area contributed by atoms with Crippen LogP contribution in [0.25, 0.3) is 0 Å². The standard InChI is InChI=1S/C8H14O8/c9-2-4(11)6-5(12)3(10)1-8(15,16-6)7(13)14/h3-6,9-12,15H,1-2H2,(H,13,14)/p-1/t3?,4?,5?,6-,8-/m0/s1. The fourth-order valence-corrected chi connectivity index (χ4v) is 1.51. The lowest BCUT2D eigenvalue weighted by Crippen LogP contribution is -2.64. The molecule has 0 aromatic carbocycles. The van der Waals surface area contributed by atoms with Crippen LogP contribution in [0.3, 0.4) is 0 Å². The summed E-state index contributed by atoms with van der Waals surface area (Å²) in [6, 6.07) is 0. The van der Waals surface area contributed by atoms with Crippen molar-refractivity contribution in [3.05, 3.63) is 0 Å². The maximum absolute atomic E-state index is 10.6. The molecule has 16 heavy (non-hydrogen) atoms. The zero-order valence-corrected chi connectivity index (χ0v) is 8.18. The van der Waals surface area contributed by atoms with Gasteiger partial charge in [-0.1, -0.05) is 0 Å². The average Bonchev–Trinajstić information content (AvgIpc) is 2.22. The van der Waals surface area contributed by atoms with Gasteiger partial charge in [-0.05, 0) is 0 Å². The van der Waals surface area contributed by atoms with E-state index in [1.807, 2.05) is 0 Å². The van der Waals surface area contributed by atoms with E-state index in [1.54, 1.807) is 0 Å². The lowest BCUT2D eigenvalue weighted by Gasteiger charge is -2.43. The van der Waals surface area contributed by atoms with E-state index in [4.69, 9.17) is 5.11 Å². The smallest absolute Gasteiger partial charge is 0.210 e. The van der Waals surface area contributed by atoms with Gasteiger partial charge in [0.1, 0.15) is 24.3 Å². The molecule has 0 spiro atoms. The minimum Gasteiger partial charge on any atom is -0.544 e. The summed E-state index contributed by atoms with van der Waals surface area (Å²) >= 11 is 0. The van der Waals surface area contributed by atoms with Crippen molar-refractivity contribution in [3.8, 4) is 0 Å². The summed E-state index contributed by atoms with van der Waals surface area (Å²) in [6.07, 6.45) is -7.25. The second-order valence-corrected chi connectivity index (χ2v) is 3.67. The molecule has 1 rings (SSSR count). The van der Waals surface area contributed by atoms with Crippen LogP contribution in [0, 0.1) is 0 Å². The zero-order valence-electron chi connectivity index (χ0n) is 8.18. The first-order valence-corrected chi connectivity index (χ1v) is 4.58. The molecule has 0 saturated carbocycles. The molecule has 1 fully saturated rings. The van der Waals surface area contributed by atoms with Crippen LogP contribution in [-0.2, 0) is 9.53 Å². The molecule has 8 nitrogen and oxygen atoms in total. The first-order valence-electron chi connectivity index (χ1n) is 4.58. The number of aliphatic hydroxyl groups excluding tert-OH is 4. The van der Waals surface area contributed by atoms with Crippen LogP contribution < -0.4 is 5.11 Å². The number of carboxylic acid groups (broad SMARTS) is 1. The molecule has 1 heterocycles. The number of ether oxygens (including phenoxy) is 1. The molecule has 0 aliphatic carbocycles. The maximum atomic E-state index is 10.6. The third-order valence-electron chi connectivity index (χ3n) is 2.43. The number of carbonyl (C=O) groups excluding carboxylic acids is 1. The first-order chi connectivity index (χ1) is 7.31. The van der Waals surface area contributed by atoms with Gasteiger partial charge in [0.25, 0.3) is 0 Å². The Kier molecular flexibility index (Phi) is 3.84. The van der Waals surface area contributed by atoms with Crippen LogP contribution in [0.15, 0.2) is 0 Å². The van der Waals surface area contributed by atoms with E-state index in [-0.39, 0.29) is 0 Å². The number of aliphatic carboxylic acids is 1. The molecule has 0 amide bonds. The molecule has 1 saturated heterocycles. The summed E-state index contributed by atoms with van der Waals surface area (Å²) in [5, 5.41) is 56.5. The maximum Gasteiger partial charge on any atom is 0.210 e. The topological polar surface area (TPSA) is 151 Å². The van der Waals surface area contributed by atoms with Crippen LogP contribution in [0.1, 0.15) is 6.42 Å². The van der Waals surface area contributed by atoms with E-state index in [1.165, 1.54) is 0 Å². The van der Waals surface area contributed by atoms with E-state index < -0.39 is 49.2 Å². The highest BCUT2D eigenvalue weighted by Crippen LogP contribution is 2.28. The van der Waals surface area contributed by atoms with Crippen molar-refractivity contribution in [2.45, 2.75) is 36.6 Å². The van der Waals surface area contributed by atoms with Crippen molar-refractivity contribution in [2.24, 2.45) is 0 Å². The van der Waals surface area contributed by atoms with E-state index in [0.717, 1.165) is 0 Å². The number of carboxylic acids is 1. The van der Waals surface area contributed by atoms with Gasteiger partial charge >= 0.3 is 0 Å². The predicted molar refractivity (Wildman–Crippen MR) is 44.6 cm³/mol. The molecule has 5 N–H and O–H groups in total. The SMILES string of the molecule is O=C([O-])[C@]1(O)CC(O)C(O)[C@H](C(O)CO)O1. The van der Waals surface area contributed by atoms with Gasteiger partial charge in [0, 0.05) is 6.42 Å². The van der Waals surface area contributed by atoms with Gasteiger partial charge in [-0.3, -0.25) is 0 Å². The average molecular weight is 237 g/mol. The summed E-state index contributed by atoms with van der Waals surface area (Å²) in [4.78, 5) is 10.6. The zero-order chi connectivity index (χ0) is 12.5. The number of hydrogen-bond donors (Lipinski definition) is 5. The molecule has 1 aliphatic rings. The molecular weight excluding hydrogens is 224 g/mol. The van der Waals surface area contributed by atoms with Crippen molar-refractivity contribution >= 4 is 5.97 Å². The molecule has 8 heteroatoms. The first kappa shape index (κ1) is 13.3. The molecule has 0 aromatic heterocycles. The lowest BCUT2D eigenvalue weighted by molar-refractivity contribution is -0.378. The van der Waals surface area contributed by atoms with Gasteiger partial charge in [-0.25, -0.2) is 0 Å². The second-order valence-electron chi connectivity index (χ2n) is 3.67. The van der Waals surface area contributed by atoms with Crippen molar-refractivity contribution in [3.63, 3.8) is 0 Å². The van der Waals surface area contributed by atoms with Gasteiger partial charge in [0.2, 0.25) is 5.79 Å². The normalized spacial score (nSPS) is 41.7. The highest BCUT2D eigenvalue weighted by molar-refractivity contribution is 5.73. The highest BCUT2D eigenvalue weighted by atomic mass is 16.7.